The summed E-state index contributed by atoms with van der Waals surface area (Å²) in [4.78, 5) is 6.09. The molecular weight excluding hydrogens is 260 g/mol. The number of hydrogen-bond acceptors (Lipinski definition) is 2. The summed E-state index contributed by atoms with van der Waals surface area (Å²) < 4.78 is 5.51. The molecule has 1 N–H and O–H groups in total. The number of nitrogens with zero attached hydrogens (tertiary/aromatic N) is 1. The minimum atomic E-state index is 0.815. The van der Waals surface area contributed by atoms with Crippen LogP contribution in [0.4, 0.5) is 5.69 Å². The van der Waals surface area contributed by atoms with Crippen molar-refractivity contribution in [2.24, 2.45) is 0 Å². The fourth-order valence-electron chi connectivity index (χ4n) is 3.38. The number of benzene rings is 2. The highest BCUT2D eigenvalue weighted by molar-refractivity contribution is 6.12. The molecule has 2 heterocycles. The summed E-state index contributed by atoms with van der Waals surface area (Å²) in [6, 6.07) is 10.9. The van der Waals surface area contributed by atoms with Gasteiger partial charge in [0.15, 0.2) is 0 Å². The molecule has 0 radical (unpaired) electrons. The van der Waals surface area contributed by atoms with Gasteiger partial charge in [0.1, 0.15) is 0 Å². The third-order valence-corrected chi connectivity index (χ3v) is 4.62. The Morgan fingerprint density at radius 2 is 1.81 bits per heavy atom. The van der Waals surface area contributed by atoms with Gasteiger partial charge in [0.25, 0.3) is 0 Å². The van der Waals surface area contributed by atoms with Crippen LogP contribution in [-0.4, -0.2) is 31.3 Å². The molecule has 108 valence electrons. The van der Waals surface area contributed by atoms with E-state index in [2.05, 4.69) is 54.1 Å². The fourth-order valence-corrected chi connectivity index (χ4v) is 3.38. The normalized spacial score (nSPS) is 16.0. The molecule has 1 saturated heterocycles. The van der Waals surface area contributed by atoms with Gasteiger partial charge in [0.05, 0.1) is 24.4 Å². The van der Waals surface area contributed by atoms with Crippen LogP contribution in [0.3, 0.4) is 0 Å². The van der Waals surface area contributed by atoms with Crippen molar-refractivity contribution >= 4 is 27.5 Å². The van der Waals surface area contributed by atoms with E-state index >= 15 is 0 Å². The first-order chi connectivity index (χ1) is 10.3. The maximum Gasteiger partial charge on any atom is 0.0705 e. The number of anilines is 1. The zero-order valence-electron chi connectivity index (χ0n) is 12.6. The standard InChI is InChI=1S/C18H20N2O/c1-12-11-15-14-5-3-4-6-16(14)19-17(15)18(13(12)2)20-7-9-21-10-8-20/h3-6,11,19H,7-10H2,1-2H3. The van der Waals surface area contributed by atoms with Crippen LogP contribution in [0.1, 0.15) is 11.1 Å². The Labute approximate surface area is 124 Å². The van der Waals surface area contributed by atoms with E-state index in [9.17, 15) is 0 Å². The van der Waals surface area contributed by atoms with Crippen LogP contribution in [0, 0.1) is 13.8 Å². The van der Waals surface area contributed by atoms with Crippen LogP contribution in [-0.2, 0) is 4.74 Å². The van der Waals surface area contributed by atoms with Crippen molar-refractivity contribution in [2.75, 3.05) is 31.2 Å². The van der Waals surface area contributed by atoms with E-state index in [1.165, 1.54) is 38.6 Å². The Morgan fingerprint density at radius 1 is 1.05 bits per heavy atom. The van der Waals surface area contributed by atoms with E-state index in [0.29, 0.717) is 0 Å². The molecule has 1 fully saturated rings. The molecule has 1 aromatic heterocycles. The molecule has 4 rings (SSSR count). The molecule has 0 atom stereocenters. The van der Waals surface area contributed by atoms with Gasteiger partial charge in [-0.05, 0) is 37.1 Å². The zero-order chi connectivity index (χ0) is 14.4. The summed E-state index contributed by atoms with van der Waals surface area (Å²) in [6.07, 6.45) is 0. The number of aromatic nitrogens is 1. The van der Waals surface area contributed by atoms with E-state index in [-0.39, 0.29) is 0 Å². The first-order valence-electron chi connectivity index (χ1n) is 7.59. The molecule has 0 amide bonds. The number of rotatable bonds is 1. The van der Waals surface area contributed by atoms with Crippen LogP contribution in [0.25, 0.3) is 21.8 Å². The van der Waals surface area contributed by atoms with Crippen LogP contribution in [0.15, 0.2) is 30.3 Å². The van der Waals surface area contributed by atoms with Gasteiger partial charge in [-0.15, -0.1) is 0 Å². The first kappa shape index (κ1) is 12.7. The maximum atomic E-state index is 5.51. The van der Waals surface area contributed by atoms with Crippen LogP contribution >= 0.6 is 0 Å². The molecule has 3 nitrogen and oxygen atoms in total. The third kappa shape index (κ3) is 1.92. The number of morpholine rings is 1. The summed E-state index contributed by atoms with van der Waals surface area (Å²) in [5, 5.41) is 2.64. The first-order valence-corrected chi connectivity index (χ1v) is 7.59. The summed E-state index contributed by atoms with van der Waals surface area (Å²) in [6.45, 7) is 8.00. The van der Waals surface area contributed by atoms with Gasteiger partial charge >= 0.3 is 0 Å². The molecule has 3 aromatic rings. The lowest BCUT2D eigenvalue weighted by Crippen LogP contribution is -2.36. The summed E-state index contributed by atoms with van der Waals surface area (Å²) in [5.41, 5.74) is 6.56. The van der Waals surface area contributed by atoms with Crippen molar-refractivity contribution in [3.8, 4) is 0 Å². The number of para-hydroxylation sites is 1. The van der Waals surface area contributed by atoms with Gasteiger partial charge in [-0.2, -0.15) is 0 Å². The smallest absolute Gasteiger partial charge is 0.0705 e. The number of ether oxygens (including phenoxy) is 1. The fraction of sp³-hybridized carbons (Fsp3) is 0.333. The summed E-state index contributed by atoms with van der Waals surface area (Å²) in [5.74, 6) is 0. The van der Waals surface area contributed by atoms with Crippen molar-refractivity contribution in [1.29, 1.82) is 0 Å². The quantitative estimate of drug-likeness (QED) is 0.735. The molecule has 21 heavy (non-hydrogen) atoms. The van der Waals surface area contributed by atoms with Crippen LogP contribution in [0.5, 0.6) is 0 Å². The lowest BCUT2D eigenvalue weighted by Gasteiger charge is -2.31. The molecule has 2 aromatic carbocycles. The molecule has 0 unspecified atom stereocenters. The number of fused-ring (bicyclic) bond motifs is 3. The van der Waals surface area contributed by atoms with Crippen LogP contribution in [0.2, 0.25) is 0 Å². The molecule has 1 aliphatic rings. The van der Waals surface area contributed by atoms with Crippen molar-refractivity contribution < 1.29 is 4.74 Å². The minimum Gasteiger partial charge on any atom is -0.378 e. The number of hydrogen-bond donors (Lipinski definition) is 1. The lowest BCUT2D eigenvalue weighted by atomic mass is 10.0. The predicted molar refractivity (Wildman–Crippen MR) is 88.3 cm³/mol. The van der Waals surface area contributed by atoms with Crippen LogP contribution < -0.4 is 4.90 Å². The highest BCUT2D eigenvalue weighted by Gasteiger charge is 2.19. The van der Waals surface area contributed by atoms with Gasteiger partial charge in [-0.3, -0.25) is 0 Å². The zero-order valence-corrected chi connectivity index (χ0v) is 12.6. The van der Waals surface area contributed by atoms with Gasteiger partial charge in [-0.1, -0.05) is 18.2 Å². The monoisotopic (exact) mass is 280 g/mol. The third-order valence-electron chi connectivity index (χ3n) is 4.62. The van der Waals surface area contributed by atoms with Crippen molar-refractivity contribution in [2.45, 2.75) is 13.8 Å². The van der Waals surface area contributed by atoms with E-state index in [4.69, 9.17) is 4.74 Å². The van der Waals surface area contributed by atoms with E-state index in [1.54, 1.807) is 0 Å². The molecule has 3 heteroatoms. The van der Waals surface area contributed by atoms with E-state index < -0.39 is 0 Å². The molecule has 0 saturated carbocycles. The summed E-state index contributed by atoms with van der Waals surface area (Å²) in [7, 11) is 0. The Morgan fingerprint density at radius 3 is 2.62 bits per heavy atom. The highest BCUT2D eigenvalue weighted by Crippen LogP contribution is 2.36. The van der Waals surface area contributed by atoms with Gasteiger partial charge in [-0.25, -0.2) is 0 Å². The average molecular weight is 280 g/mol. The summed E-state index contributed by atoms with van der Waals surface area (Å²) >= 11 is 0. The second-order valence-electron chi connectivity index (χ2n) is 5.86. The number of aromatic amines is 1. The highest BCUT2D eigenvalue weighted by atomic mass is 16.5. The molecule has 0 spiro atoms. The number of aryl methyl sites for hydroxylation is 1. The number of H-pyrrole nitrogens is 1. The largest absolute Gasteiger partial charge is 0.378 e. The molecular formula is C18H20N2O. The van der Waals surface area contributed by atoms with Gasteiger partial charge in [0.2, 0.25) is 0 Å². The molecule has 0 bridgehead atoms. The average Bonchev–Trinajstić information content (AvgIpc) is 2.87. The van der Waals surface area contributed by atoms with Crippen molar-refractivity contribution in [1.82, 2.24) is 4.98 Å². The lowest BCUT2D eigenvalue weighted by molar-refractivity contribution is 0.123. The SMILES string of the molecule is Cc1cc2c([nH]c3ccccc32)c(N2CCOCC2)c1C. The Hall–Kier alpha value is -2.00. The van der Waals surface area contributed by atoms with E-state index in [1.807, 2.05) is 0 Å². The molecule has 0 aliphatic carbocycles. The molecule has 1 aliphatic heterocycles. The topological polar surface area (TPSA) is 28.3 Å². The van der Waals surface area contributed by atoms with Crippen molar-refractivity contribution in [3.05, 3.63) is 41.5 Å². The number of nitrogens with one attached hydrogen (secondary N) is 1. The second-order valence-corrected chi connectivity index (χ2v) is 5.86. The maximum absolute atomic E-state index is 5.51. The van der Waals surface area contributed by atoms with Crippen molar-refractivity contribution in [3.63, 3.8) is 0 Å². The second kappa shape index (κ2) is 4.78. The Bertz CT molecular complexity index is 813. The van der Waals surface area contributed by atoms with Gasteiger partial charge in [0, 0.05) is 29.4 Å². The predicted octanol–water partition coefficient (Wildman–Crippen LogP) is 3.77. The van der Waals surface area contributed by atoms with Gasteiger partial charge < -0.3 is 14.6 Å². The Balaban J connectivity index is 2.04. The minimum absolute atomic E-state index is 0.815. The Kier molecular flexibility index (Phi) is 2.89. The van der Waals surface area contributed by atoms with E-state index in [0.717, 1.165) is 26.3 Å².